The summed E-state index contributed by atoms with van der Waals surface area (Å²) in [5, 5.41) is 8.34. The van der Waals surface area contributed by atoms with Crippen molar-refractivity contribution in [2.45, 2.75) is 13.8 Å². The van der Waals surface area contributed by atoms with Crippen molar-refractivity contribution < 1.29 is 9.90 Å². The lowest BCUT2D eigenvalue weighted by atomic mass is 10.1. The van der Waals surface area contributed by atoms with Gasteiger partial charge in [0.1, 0.15) is 0 Å². The number of carboxylic acids is 1. The van der Waals surface area contributed by atoms with Crippen molar-refractivity contribution in [1.29, 1.82) is 0 Å². The fraction of sp³-hybridized carbons (Fsp3) is 0.118. The van der Waals surface area contributed by atoms with Crippen LogP contribution in [0.15, 0.2) is 30.3 Å². The number of benzene rings is 1. The highest BCUT2D eigenvalue weighted by Gasteiger charge is 1.88. The smallest absolute Gasteiger partial charge is 0.328 e. The standard InChI is InChI=1S/C10H10O2.C7H4/c1-8-2-4-9(5-3-8)6-7-10(11)12;1-3-5-7-6-4-2/h2-7H,1H3,(H,11,12);1H,2H3/b7-6+;. The Labute approximate surface area is 114 Å². The second-order valence-corrected chi connectivity index (χ2v) is 3.35. The predicted molar refractivity (Wildman–Crippen MR) is 77.9 cm³/mol. The third kappa shape index (κ3) is 10.0. The monoisotopic (exact) mass is 250 g/mol. The zero-order valence-corrected chi connectivity index (χ0v) is 10.9. The molecule has 0 heterocycles. The van der Waals surface area contributed by atoms with Crippen molar-refractivity contribution in [3.63, 3.8) is 0 Å². The van der Waals surface area contributed by atoms with E-state index in [1.165, 1.54) is 5.56 Å². The van der Waals surface area contributed by atoms with Crippen molar-refractivity contribution in [1.82, 2.24) is 0 Å². The Kier molecular flexibility index (Phi) is 8.71. The zero-order chi connectivity index (χ0) is 14.5. The van der Waals surface area contributed by atoms with Gasteiger partial charge in [-0.3, -0.25) is 0 Å². The SMILES string of the molecule is C#CC#CC#CC.Cc1ccc(/C=C/C(=O)O)cc1. The van der Waals surface area contributed by atoms with Crippen molar-refractivity contribution in [2.75, 3.05) is 0 Å². The van der Waals surface area contributed by atoms with Crippen molar-refractivity contribution >= 4 is 12.0 Å². The van der Waals surface area contributed by atoms with E-state index < -0.39 is 5.97 Å². The summed E-state index contributed by atoms with van der Waals surface area (Å²) in [6.07, 6.45) is 7.48. The molecular weight excluding hydrogens is 236 g/mol. The van der Waals surface area contributed by atoms with Gasteiger partial charge in [-0.25, -0.2) is 4.79 Å². The van der Waals surface area contributed by atoms with Gasteiger partial charge in [0.05, 0.1) is 0 Å². The van der Waals surface area contributed by atoms with Crippen LogP contribution < -0.4 is 0 Å². The van der Waals surface area contributed by atoms with E-state index >= 15 is 0 Å². The molecule has 1 aromatic rings. The predicted octanol–water partition coefficient (Wildman–Crippen LogP) is 2.74. The number of carboxylic acid groups (broad SMARTS) is 1. The molecule has 0 bridgehead atoms. The summed E-state index contributed by atoms with van der Waals surface area (Å²) in [7, 11) is 0. The molecule has 0 saturated carbocycles. The van der Waals surface area contributed by atoms with Gasteiger partial charge in [0.2, 0.25) is 0 Å². The Morgan fingerprint density at radius 2 is 1.84 bits per heavy atom. The Morgan fingerprint density at radius 3 is 2.32 bits per heavy atom. The number of hydrogen-bond donors (Lipinski definition) is 1. The van der Waals surface area contributed by atoms with Gasteiger partial charge in [0.15, 0.2) is 0 Å². The number of terminal acetylenes is 1. The number of aliphatic carboxylic acids is 1. The second-order valence-electron chi connectivity index (χ2n) is 3.35. The molecule has 0 aromatic heterocycles. The second kappa shape index (κ2) is 10.3. The average molecular weight is 250 g/mol. The topological polar surface area (TPSA) is 37.3 Å². The van der Waals surface area contributed by atoms with E-state index in [-0.39, 0.29) is 0 Å². The van der Waals surface area contributed by atoms with Crippen LogP contribution in [0.2, 0.25) is 0 Å². The highest BCUT2D eigenvalue weighted by molar-refractivity contribution is 5.85. The molecule has 2 heteroatoms. The van der Waals surface area contributed by atoms with Crippen molar-refractivity contribution in [3.8, 4) is 36.0 Å². The van der Waals surface area contributed by atoms with Crippen LogP contribution in [0.1, 0.15) is 18.1 Å². The maximum absolute atomic E-state index is 10.2. The highest BCUT2D eigenvalue weighted by Crippen LogP contribution is 2.04. The van der Waals surface area contributed by atoms with Crippen LogP contribution in [0, 0.1) is 42.9 Å². The van der Waals surface area contributed by atoms with Crippen LogP contribution in [0.4, 0.5) is 0 Å². The van der Waals surface area contributed by atoms with Gasteiger partial charge < -0.3 is 5.11 Å². The molecule has 2 nitrogen and oxygen atoms in total. The van der Waals surface area contributed by atoms with E-state index in [4.69, 9.17) is 11.5 Å². The molecule has 19 heavy (non-hydrogen) atoms. The lowest BCUT2D eigenvalue weighted by molar-refractivity contribution is -0.131. The minimum Gasteiger partial charge on any atom is -0.478 e. The summed E-state index contributed by atoms with van der Waals surface area (Å²) in [6.45, 7) is 3.70. The van der Waals surface area contributed by atoms with Gasteiger partial charge in [0.25, 0.3) is 0 Å². The Balaban J connectivity index is 0.000000399. The summed E-state index contributed by atoms with van der Waals surface area (Å²) in [5.41, 5.74) is 2.07. The molecule has 94 valence electrons. The lowest BCUT2D eigenvalue weighted by Crippen LogP contribution is -1.85. The number of aryl methyl sites for hydroxylation is 1. The fourth-order valence-electron chi connectivity index (χ4n) is 0.975. The van der Waals surface area contributed by atoms with Gasteiger partial charge >= 0.3 is 5.97 Å². The van der Waals surface area contributed by atoms with Crippen LogP contribution in [0.5, 0.6) is 0 Å². The molecule has 0 saturated heterocycles. The molecule has 0 aliphatic rings. The molecule has 1 aromatic carbocycles. The summed E-state index contributed by atoms with van der Waals surface area (Å²) in [5.74, 6) is 11.1. The Bertz CT molecular complexity index is 591. The van der Waals surface area contributed by atoms with Gasteiger partial charge in [-0.15, -0.1) is 6.42 Å². The van der Waals surface area contributed by atoms with Crippen LogP contribution >= 0.6 is 0 Å². The first-order valence-electron chi connectivity index (χ1n) is 5.45. The molecule has 0 unspecified atom stereocenters. The van der Waals surface area contributed by atoms with E-state index in [1.807, 2.05) is 31.2 Å². The Hall–Kier alpha value is -2.89. The molecule has 0 radical (unpaired) electrons. The quantitative estimate of drug-likeness (QED) is 0.647. The maximum Gasteiger partial charge on any atom is 0.328 e. The van der Waals surface area contributed by atoms with Crippen molar-refractivity contribution in [3.05, 3.63) is 41.5 Å². The van der Waals surface area contributed by atoms with Crippen LogP contribution in [0.25, 0.3) is 6.08 Å². The van der Waals surface area contributed by atoms with Gasteiger partial charge in [0, 0.05) is 6.08 Å². The molecular formula is C17H14O2. The lowest BCUT2D eigenvalue weighted by Gasteiger charge is -1.92. The van der Waals surface area contributed by atoms with E-state index in [0.29, 0.717) is 0 Å². The van der Waals surface area contributed by atoms with Crippen LogP contribution in [0.3, 0.4) is 0 Å². The molecule has 1 N–H and O–H groups in total. The minimum atomic E-state index is -0.921. The normalized spacial score (nSPS) is 7.84. The first-order chi connectivity index (χ1) is 9.10. The van der Waals surface area contributed by atoms with Crippen molar-refractivity contribution in [2.24, 2.45) is 0 Å². The van der Waals surface area contributed by atoms with Gasteiger partial charge in [-0.1, -0.05) is 35.7 Å². The van der Waals surface area contributed by atoms with Crippen LogP contribution in [-0.4, -0.2) is 11.1 Å². The minimum absolute atomic E-state index is 0.906. The number of carbonyl (C=O) groups is 1. The molecule has 0 fully saturated rings. The Morgan fingerprint density at radius 1 is 1.21 bits per heavy atom. The number of rotatable bonds is 2. The highest BCUT2D eigenvalue weighted by atomic mass is 16.4. The number of hydrogen-bond acceptors (Lipinski definition) is 1. The molecule has 0 atom stereocenters. The zero-order valence-electron chi connectivity index (χ0n) is 10.9. The first kappa shape index (κ1) is 16.1. The molecule has 0 amide bonds. The third-order valence-corrected chi connectivity index (χ3v) is 1.82. The van der Waals surface area contributed by atoms with Gasteiger partial charge in [-0.05, 0) is 49.2 Å². The van der Waals surface area contributed by atoms with Gasteiger partial charge in [-0.2, -0.15) is 0 Å². The van der Waals surface area contributed by atoms with E-state index in [0.717, 1.165) is 11.6 Å². The molecule has 0 aliphatic heterocycles. The van der Waals surface area contributed by atoms with E-state index in [1.54, 1.807) is 13.0 Å². The fourth-order valence-corrected chi connectivity index (χ4v) is 0.975. The maximum atomic E-state index is 10.2. The largest absolute Gasteiger partial charge is 0.478 e. The summed E-state index contributed by atoms with van der Waals surface area (Å²) in [6, 6.07) is 7.66. The third-order valence-electron chi connectivity index (χ3n) is 1.82. The van der Waals surface area contributed by atoms with E-state index in [2.05, 4.69) is 29.6 Å². The van der Waals surface area contributed by atoms with E-state index in [9.17, 15) is 4.79 Å². The average Bonchev–Trinajstić information content (AvgIpc) is 2.39. The molecule has 0 spiro atoms. The van der Waals surface area contributed by atoms with Crippen LogP contribution in [-0.2, 0) is 4.79 Å². The summed E-state index contributed by atoms with van der Waals surface area (Å²) in [4.78, 5) is 10.2. The molecule has 1 rings (SSSR count). The summed E-state index contributed by atoms with van der Waals surface area (Å²) >= 11 is 0. The first-order valence-corrected chi connectivity index (χ1v) is 5.45. The summed E-state index contributed by atoms with van der Waals surface area (Å²) < 4.78 is 0. The molecule has 0 aliphatic carbocycles.